The summed E-state index contributed by atoms with van der Waals surface area (Å²) in [4.78, 5) is 39.2. The van der Waals surface area contributed by atoms with Crippen molar-refractivity contribution in [3.63, 3.8) is 0 Å². The van der Waals surface area contributed by atoms with Crippen molar-refractivity contribution < 1.29 is 9.59 Å². The van der Waals surface area contributed by atoms with Gasteiger partial charge in [0, 0.05) is 53.5 Å². The molecule has 1 fully saturated rings. The van der Waals surface area contributed by atoms with Gasteiger partial charge in [-0.2, -0.15) is 4.98 Å². The lowest BCUT2D eigenvalue weighted by atomic mass is 9.91. The number of aryl methyl sites for hydroxylation is 1. The smallest absolute Gasteiger partial charge is 0.234 e. The topological polar surface area (TPSA) is 87.2 Å². The van der Waals surface area contributed by atoms with Crippen LogP contribution in [0.1, 0.15) is 48.0 Å². The van der Waals surface area contributed by atoms with E-state index in [-0.39, 0.29) is 30.2 Å². The van der Waals surface area contributed by atoms with E-state index in [0.717, 1.165) is 52.9 Å². The molecule has 4 aromatic rings. The number of thioether (sulfide) groups is 1. The summed E-state index contributed by atoms with van der Waals surface area (Å²) in [5, 5.41) is 7.84. The molecule has 0 aliphatic heterocycles. The van der Waals surface area contributed by atoms with Gasteiger partial charge in [-0.05, 0) is 81.1 Å². The van der Waals surface area contributed by atoms with Crippen LogP contribution in [0.25, 0.3) is 10.9 Å². The number of amides is 1. The first-order chi connectivity index (χ1) is 20.2. The number of benzene rings is 3. The maximum absolute atomic E-state index is 13.6. The first-order valence-electron chi connectivity index (χ1n) is 14.3. The maximum atomic E-state index is 13.6. The molecule has 1 aliphatic rings. The number of anilines is 2. The number of fused-ring (bicyclic) bond motifs is 1. The molecule has 0 saturated heterocycles. The fourth-order valence-electron chi connectivity index (χ4n) is 5.22. The second-order valence-electron chi connectivity index (χ2n) is 11.0. The third-order valence-corrected chi connectivity index (χ3v) is 9.00. The van der Waals surface area contributed by atoms with E-state index < -0.39 is 5.25 Å². The highest BCUT2D eigenvalue weighted by Crippen LogP contribution is 2.30. The van der Waals surface area contributed by atoms with Gasteiger partial charge in [-0.25, -0.2) is 4.98 Å². The number of hydrogen-bond acceptors (Lipinski definition) is 7. The largest absolute Gasteiger partial charge is 0.362 e. The number of nitrogens with zero attached hydrogens (tertiary/aromatic N) is 3. The minimum absolute atomic E-state index is 0.0529. The number of aromatic nitrogens is 2. The second-order valence-corrected chi connectivity index (χ2v) is 12.8. The maximum Gasteiger partial charge on any atom is 0.234 e. The number of rotatable bonds is 10. The fourth-order valence-corrected chi connectivity index (χ4v) is 6.37. The standard InChI is InChI=1S/C33H36ClN5O2S/c1-21-8-18-26(19-9-21)42-30(20-29(40)22-10-12-23(34)13-11-22)32(41)35-24-14-16-25(17-15-24)36-33-37-28-7-5-4-6-27(28)31(38-33)39(2)3/h4-13,18-19,24-25,30H,14-17,20H2,1-3H3,(H,35,41)(H,36,37,38). The van der Waals surface area contributed by atoms with Crippen LogP contribution < -0.4 is 15.5 Å². The van der Waals surface area contributed by atoms with E-state index >= 15 is 0 Å². The minimum atomic E-state index is -0.540. The van der Waals surface area contributed by atoms with Crippen LogP contribution in [0.15, 0.2) is 77.7 Å². The molecule has 1 unspecified atom stereocenters. The average molecular weight is 602 g/mol. The van der Waals surface area contributed by atoms with E-state index in [9.17, 15) is 9.59 Å². The number of Topliss-reactive ketones (excluding diaryl/α,β-unsaturated/α-hetero) is 1. The van der Waals surface area contributed by atoms with Gasteiger partial charge in [-0.15, -0.1) is 11.8 Å². The van der Waals surface area contributed by atoms with Crippen LogP contribution in [0.4, 0.5) is 11.8 Å². The Balaban J connectivity index is 1.21. The van der Waals surface area contributed by atoms with Gasteiger partial charge in [0.1, 0.15) is 5.82 Å². The van der Waals surface area contributed by atoms with Crippen molar-refractivity contribution in [1.82, 2.24) is 15.3 Å². The molecule has 218 valence electrons. The van der Waals surface area contributed by atoms with Gasteiger partial charge >= 0.3 is 0 Å². The fraction of sp³-hybridized carbons (Fsp3) is 0.333. The third-order valence-electron chi connectivity index (χ3n) is 7.54. The van der Waals surface area contributed by atoms with Crippen molar-refractivity contribution >= 4 is 57.7 Å². The average Bonchev–Trinajstić information content (AvgIpc) is 2.98. The summed E-state index contributed by atoms with van der Waals surface area (Å²) < 4.78 is 0. The molecule has 0 bridgehead atoms. The molecule has 3 aromatic carbocycles. The van der Waals surface area contributed by atoms with Crippen LogP contribution in [0, 0.1) is 6.92 Å². The number of nitrogens with one attached hydrogen (secondary N) is 2. The first-order valence-corrected chi connectivity index (χ1v) is 15.5. The Labute approximate surface area is 256 Å². The lowest BCUT2D eigenvalue weighted by Crippen LogP contribution is -2.44. The summed E-state index contributed by atoms with van der Waals surface area (Å²) in [6.07, 6.45) is 3.56. The molecule has 5 rings (SSSR count). The van der Waals surface area contributed by atoms with Crippen LogP contribution >= 0.6 is 23.4 Å². The Morgan fingerprint density at radius 3 is 2.29 bits per heavy atom. The number of carbonyl (C=O) groups is 2. The van der Waals surface area contributed by atoms with E-state index in [1.165, 1.54) is 11.8 Å². The molecule has 1 heterocycles. The molecular weight excluding hydrogens is 566 g/mol. The van der Waals surface area contributed by atoms with Crippen LogP contribution in [0.3, 0.4) is 0 Å². The number of carbonyl (C=O) groups excluding carboxylic acids is 2. The molecule has 42 heavy (non-hydrogen) atoms. The predicted molar refractivity (Wildman–Crippen MR) is 173 cm³/mol. The van der Waals surface area contributed by atoms with Gasteiger partial charge < -0.3 is 15.5 Å². The normalized spacial score (nSPS) is 17.4. The van der Waals surface area contributed by atoms with Crippen LogP contribution in [0.2, 0.25) is 5.02 Å². The van der Waals surface area contributed by atoms with Gasteiger partial charge in [0.25, 0.3) is 0 Å². The zero-order valence-corrected chi connectivity index (χ0v) is 25.7. The number of halogens is 1. The summed E-state index contributed by atoms with van der Waals surface area (Å²) in [7, 11) is 3.97. The van der Waals surface area contributed by atoms with Crippen LogP contribution in [-0.2, 0) is 4.79 Å². The van der Waals surface area contributed by atoms with Crippen LogP contribution in [-0.4, -0.2) is 53.1 Å². The Kier molecular flexibility index (Phi) is 9.65. The van der Waals surface area contributed by atoms with Crippen molar-refractivity contribution in [1.29, 1.82) is 0 Å². The van der Waals surface area contributed by atoms with Crippen LogP contribution in [0.5, 0.6) is 0 Å². The SMILES string of the molecule is Cc1ccc(SC(CC(=O)c2ccc(Cl)cc2)C(=O)NC2CCC(Nc3nc(N(C)C)c4ccccc4n3)CC2)cc1. The lowest BCUT2D eigenvalue weighted by molar-refractivity contribution is -0.121. The molecule has 9 heteroatoms. The van der Waals surface area contributed by atoms with Gasteiger partial charge in [0.2, 0.25) is 11.9 Å². The van der Waals surface area contributed by atoms with Gasteiger partial charge in [0.05, 0.1) is 10.8 Å². The Morgan fingerprint density at radius 1 is 0.929 bits per heavy atom. The van der Waals surface area contributed by atoms with Crippen molar-refractivity contribution in [2.45, 2.75) is 61.3 Å². The van der Waals surface area contributed by atoms with Crippen molar-refractivity contribution in [3.05, 3.63) is 88.9 Å². The van der Waals surface area contributed by atoms with E-state index in [1.807, 2.05) is 74.4 Å². The number of ketones is 1. The molecule has 1 atom stereocenters. The summed E-state index contributed by atoms with van der Waals surface area (Å²) in [6.45, 7) is 2.03. The molecule has 0 radical (unpaired) electrons. The molecule has 1 saturated carbocycles. The quantitative estimate of drug-likeness (QED) is 0.150. The number of hydrogen-bond donors (Lipinski definition) is 2. The molecule has 7 nitrogen and oxygen atoms in total. The highest BCUT2D eigenvalue weighted by molar-refractivity contribution is 8.00. The summed E-state index contributed by atoms with van der Waals surface area (Å²) in [5.74, 6) is 1.33. The van der Waals surface area contributed by atoms with Gasteiger partial charge in [-0.3, -0.25) is 9.59 Å². The molecule has 1 aromatic heterocycles. The molecule has 1 aliphatic carbocycles. The minimum Gasteiger partial charge on any atom is -0.362 e. The monoisotopic (exact) mass is 601 g/mol. The van der Waals surface area contributed by atoms with E-state index in [2.05, 4.69) is 10.6 Å². The van der Waals surface area contributed by atoms with E-state index in [4.69, 9.17) is 21.6 Å². The van der Waals surface area contributed by atoms with Crippen molar-refractivity contribution in [2.24, 2.45) is 0 Å². The second kappa shape index (κ2) is 13.6. The van der Waals surface area contributed by atoms with E-state index in [0.29, 0.717) is 16.5 Å². The van der Waals surface area contributed by atoms with E-state index in [1.54, 1.807) is 24.3 Å². The zero-order valence-electron chi connectivity index (χ0n) is 24.1. The zero-order chi connectivity index (χ0) is 29.6. The predicted octanol–water partition coefficient (Wildman–Crippen LogP) is 6.93. The Bertz CT molecular complexity index is 1540. The summed E-state index contributed by atoms with van der Waals surface area (Å²) in [6, 6.07) is 23.2. The molecule has 0 spiro atoms. The first kappa shape index (κ1) is 29.9. The highest BCUT2D eigenvalue weighted by atomic mass is 35.5. The van der Waals surface area contributed by atoms with Gasteiger partial charge in [-0.1, -0.05) is 41.4 Å². The molecule has 1 amide bonds. The van der Waals surface area contributed by atoms with Crippen molar-refractivity contribution in [2.75, 3.05) is 24.3 Å². The summed E-state index contributed by atoms with van der Waals surface area (Å²) in [5.41, 5.74) is 2.61. The number of para-hydroxylation sites is 1. The van der Waals surface area contributed by atoms with Crippen molar-refractivity contribution in [3.8, 4) is 0 Å². The highest BCUT2D eigenvalue weighted by Gasteiger charge is 2.29. The Morgan fingerprint density at radius 2 is 1.60 bits per heavy atom. The Hall–Kier alpha value is -3.62. The summed E-state index contributed by atoms with van der Waals surface area (Å²) >= 11 is 7.44. The lowest BCUT2D eigenvalue weighted by Gasteiger charge is -2.31. The molecular formula is C33H36ClN5O2S. The van der Waals surface area contributed by atoms with Gasteiger partial charge in [0.15, 0.2) is 5.78 Å². The third kappa shape index (κ3) is 7.61. The molecule has 2 N–H and O–H groups in total.